The van der Waals surface area contributed by atoms with Gasteiger partial charge < -0.3 is 9.84 Å². The molecule has 0 amide bonds. The van der Waals surface area contributed by atoms with E-state index >= 15 is 0 Å². The van der Waals surface area contributed by atoms with Gasteiger partial charge in [-0.1, -0.05) is 23.2 Å². The van der Waals surface area contributed by atoms with Crippen molar-refractivity contribution in [2.45, 2.75) is 36.3 Å². The number of halogens is 4. The average Bonchev–Trinajstić information content (AvgIpc) is 2.68. The Hall–Kier alpha value is -1.71. The Bertz CT molecular complexity index is 1280. The van der Waals surface area contributed by atoms with Crippen LogP contribution in [0.25, 0.3) is 5.69 Å². The summed E-state index contributed by atoms with van der Waals surface area (Å²) in [5.41, 5.74) is -3.71. The molecule has 16 heteroatoms. The number of H-pyrrole nitrogens is 1. The zero-order valence-corrected chi connectivity index (χ0v) is 19.5. The van der Waals surface area contributed by atoms with Crippen molar-refractivity contribution in [3.8, 4) is 11.4 Å². The van der Waals surface area contributed by atoms with Gasteiger partial charge in [0.1, 0.15) is 17.5 Å². The van der Waals surface area contributed by atoms with Crippen LogP contribution < -0.4 is 20.7 Å². The number of aromatic amines is 1. The van der Waals surface area contributed by atoms with Gasteiger partial charge in [-0.3, -0.25) is 9.78 Å². The Labute approximate surface area is 199 Å². The topological polar surface area (TPSA) is 143 Å². The molecule has 10 nitrogen and oxygen atoms in total. The van der Waals surface area contributed by atoms with Gasteiger partial charge in [0.15, 0.2) is 11.4 Å². The summed E-state index contributed by atoms with van der Waals surface area (Å²) in [6.07, 6.45) is -5.48. The Morgan fingerprint density at radius 3 is 2.42 bits per heavy atom. The van der Waals surface area contributed by atoms with Crippen molar-refractivity contribution in [1.29, 1.82) is 0 Å². The van der Waals surface area contributed by atoms with Crippen LogP contribution in [0.15, 0.2) is 21.7 Å². The molecule has 4 rings (SSSR count). The number of sulfonamides is 1. The van der Waals surface area contributed by atoms with E-state index in [0.29, 0.717) is 16.2 Å². The lowest BCUT2D eigenvalue weighted by atomic mass is 9.91. The molecule has 2 fully saturated rings. The van der Waals surface area contributed by atoms with Gasteiger partial charge in [0, 0.05) is 24.0 Å². The summed E-state index contributed by atoms with van der Waals surface area (Å²) in [5, 5.41) is 12.3. The minimum atomic E-state index is -3.74. The fourth-order valence-corrected chi connectivity index (χ4v) is 6.47. The number of hydrogen-bond donors (Lipinski definition) is 3. The summed E-state index contributed by atoms with van der Waals surface area (Å²) in [4.78, 5) is 25.2. The normalized spacial score (nSPS) is 23.3. The monoisotopic (exact) mass is 544 g/mol. The largest absolute Gasteiger partial charge is 0.484 e. The maximum absolute atomic E-state index is 13.0. The third-order valence-electron chi connectivity index (χ3n) is 5.15. The van der Waals surface area contributed by atoms with Gasteiger partial charge in [0.05, 0.1) is 15.7 Å². The lowest BCUT2D eigenvalue weighted by Crippen LogP contribution is -2.61. The van der Waals surface area contributed by atoms with Crippen LogP contribution in [0.3, 0.4) is 0 Å². The SMILES string of the molecule is O=c1[nH]c(=O)n(-c2cc(Cl)c(OC3CC(S(=O)(=O)NC4CSC4)[C@H]3O)c(Cl)c2)nc1C(F)F. The first-order valence-electron chi connectivity index (χ1n) is 9.42. The number of aliphatic hydroxyl groups is 1. The summed E-state index contributed by atoms with van der Waals surface area (Å²) in [7, 11) is -3.74. The number of nitrogens with zero attached hydrogens (tertiary/aromatic N) is 2. The van der Waals surface area contributed by atoms with Crippen LogP contribution in [0, 0.1) is 0 Å². The Kier molecular flexibility index (Phi) is 6.77. The smallest absolute Gasteiger partial charge is 0.349 e. The predicted molar refractivity (Wildman–Crippen MR) is 117 cm³/mol. The standard InChI is InChI=1S/C17H16Cl2F2N4O6S2/c18-8-1-7(25-17(28)22-16(27)12(23-25)15(20)21)2-9(19)14(8)31-10-3-11(13(10)26)33(29,30)24-6-4-32-5-6/h1-2,6,10-11,13,15,24,26H,3-5H2,(H,22,27,28)/t10?,11?,13-/m0/s1. The third kappa shape index (κ3) is 4.77. The second kappa shape index (κ2) is 9.15. The van der Waals surface area contributed by atoms with Crippen LogP contribution in [0.5, 0.6) is 5.75 Å². The van der Waals surface area contributed by atoms with Crippen molar-refractivity contribution in [2.24, 2.45) is 0 Å². The van der Waals surface area contributed by atoms with E-state index in [1.165, 1.54) is 0 Å². The molecule has 2 aliphatic rings. The van der Waals surface area contributed by atoms with E-state index in [2.05, 4.69) is 9.82 Å². The number of aromatic nitrogens is 3. The first kappa shape index (κ1) is 24.4. The second-order valence-electron chi connectivity index (χ2n) is 7.41. The average molecular weight is 545 g/mol. The zero-order valence-electron chi connectivity index (χ0n) is 16.4. The summed E-state index contributed by atoms with van der Waals surface area (Å²) < 4.78 is 59.4. The lowest BCUT2D eigenvalue weighted by molar-refractivity contribution is -0.0322. The van der Waals surface area contributed by atoms with E-state index in [-0.39, 0.29) is 33.9 Å². The summed E-state index contributed by atoms with van der Waals surface area (Å²) in [6, 6.07) is 2.12. The highest BCUT2D eigenvalue weighted by molar-refractivity contribution is 8.01. The van der Waals surface area contributed by atoms with Crippen molar-refractivity contribution in [2.75, 3.05) is 11.5 Å². The summed E-state index contributed by atoms with van der Waals surface area (Å²) >= 11 is 14.0. The molecule has 2 aromatic rings. The van der Waals surface area contributed by atoms with Gasteiger partial charge in [0.2, 0.25) is 10.0 Å². The first-order chi connectivity index (χ1) is 15.5. The second-order valence-corrected chi connectivity index (χ2v) is 11.2. The predicted octanol–water partition coefficient (Wildman–Crippen LogP) is 1.08. The van der Waals surface area contributed by atoms with E-state index in [1.54, 1.807) is 16.7 Å². The number of ether oxygens (including phenoxy) is 1. The molecule has 180 valence electrons. The van der Waals surface area contributed by atoms with E-state index in [0.717, 1.165) is 12.1 Å². The van der Waals surface area contributed by atoms with E-state index in [1.807, 2.05) is 0 Å². The van der Waals surface area contributed by atoms with Crippen molar-refractivity contribution >= 4 is 45.0 Å². The number of benzene rings is 1. The molecule has 1 aromatic carbocycles. The number of hydrogen-bond acceptors (Lipinski definition) is 8. The molecule has 2 heterocycles. The van der Waals surface area contributed by atoms with Gasteiger partial charge in [-0.2, -0.15) is 21.5 Å². The van der Waals surface area contributed by atoms with Crippen LogP contribution in [0.4, 0.5) is 8.78 Å². The van der Waals surface area contributed by atoms with E-state index < -0.39 is 50.8 Å². The quantitative estimate of drug-likeness (QED) is 0.469. The zero-order chi connectivity index (χ0) is 24.1. The highest BCUT2D eigenvalue weighted by Crippen LogP contribution is 2.39. The molecule has 3 atom stereocenters. The van der Waals surface area contributed by atoms with Crippen molar-refractivity contribution in [1.82, 2.24) is 19.5 Å². The molecule has 3 N–H and O–H groups in total. The molecule has 33 heavy (non-hydrogen) atoms. The molecule has 0 spiro atoms. The van der Waals surface area contributed by atoms with Crippen molar-refractivity contribution < 1.29 is 27.0 Å². The van der Waals surface area contributed by atoms with Gasteiger partial charge in [-0.15, -0.1) is 0 Å². The van der Waals surface area contributed by atoms with Gasteiger partial charge in [-0.05, 0) is 12.1 Å². The summed E-state index contributed by atoms with van der Waals surface area (Å²) in [6.45, 7) is 0. The maximum atomic E-state index is 13.0. The Morgan fingerprint density at radius 2 is 1.91 bits per heavy atom. The minimum absolute atomic E-state index is 0.0105. The number of thioether (sulfide) groups is 1. The van der Waals surface area contributed by atoms with Gasteiger partial charge in [0.25, 0.3) is 12.0 Å². The molecule has 0 radical (unpaired) electrons. The van der Waals surface area contributed by atoms with Crippen molar-refractivity contribution in [3.63, 3.8) is 0 Å². The maximum Gasteiger partial charge on any atom is 0.349 e. The number of rotatable bonds is 7. The number of alkyl halides is 2. The van der Waals surface area contributed by atoms with Crippen LogP contribution in [-0.2, 0) is 10.0 Å². The van der Waals surface area contributed by atoms with Crippen LogP contribution in [0.2, 0.25) is 10.0 Å². The molecular formula is C17H16Cl2F2N4O6S2. The Balaban J connectivity index is 1.53. The highest BCUT2D eigenvalue weighted by atomic mass is 35.5. The molecule has 1 aromatic heterocycles. The molecule has 1 aliphatic heterocycles. The fourth-order valence-electron chi connectivity index (χ4n) is 3.27. The number of aliphatic hydroxyl groups excluding tert-OH is 1. The number of nitrogens with one attached hydrogen (secondary N) is 2. The highest BCUT2D eigenvalue weighted by Gasteiger charge is 2.50. The third-order valence-corrected chi connectivity index (χ3v) is 8.92. The van der Waals surface area contributed by atoms with E-state index in [4.69, 9.17) is 27.9 Å². The summed E-state index contributed by atoms with van der Waals surface area (Å²) in [5.74, 6) is 1.24. The molecular weight excluding hydrogens is 529 g/mol. The van der Waals surface area contributed by atoms with Gasteiger partial charge in [-0.25, -0.2) is 26.7 Å². The molecule has 2 unspecified atom stereocenters. The van der Waals surface area contributed by atoms with Crippen LogP contribution in [0.1, 0.15) is 18.5 Å². The van der Waals surface area contributed by atoms with Gasteiger partial charge >= 0.3 is 5.69 Å². The minimum Gasteiger partial charge on any atom is -0.484 e. The van der Waals surface area contributed by atoms with Crippen LogP contribution >= 0.6 is 35.0 Å². The molecule has 1 saturated heterocycles. The lowest BCUT2D eigenvalue weighted by Gasteiger charge is -2.41. The molecule has 1 aliphatic carbocycles. The fraction of sp³-hybridized carbons (Fsp3) is 0.471. The molecule has 0 bridgehead atoms. The van der Waals surface area contributed by atoms with Crippen LogP contribution in [-0.4, -0.2) is 63.3 Å². The van der Waals surface area contributed by atoms with Crippen molar-refractivity contribution in [3.05, 3.63) is 48.7 Å². The van der Waals surface area contributed by atoms with E-state index in [9.17, 15) is 31.9 Å². The Morgan fingerprint density at radius 1 is 1.27 bits per heavy atom. The molecule has 1 saturated carbocycles. The first-order valence-corrected chi connectivity index (χ1v) is 12.9.